The van der Waals surface area contributed by atoms with Crippen LogP contribution in [0.25, 0.3) is 0 Å². The summed E-state index contributed by atoms with van der Waals surface area (Å²) >= 11 is 0. The highest BCUT2D eigenvalue weighted by Crippen LogP contribution is 2.24. The largest absolute Gasteiger partial charge is 0.388 e. The van der Waals surface area contributed by atoms with Crippen molar-refractivity contribution in [1.29, 1.82) is 0 Å². The predicted octanol–water partition coefficient (Wildman–Crippen LogP) is 0.715. The molecule has 0 bridgehead atoms. The van der Waals surface area contributed by atoms with Crippen molar-refractivity contribution in [3.8, 4) is 0 Å². The normalized spacial score (nSPS) is 29.1. The molecule has 2 rings (SSSR count). The van der Waals surface area contributed by atoms with E-state index in [-0.39, 0.29) is 17.9 Å². The Kier molecular flexibility index (Phi) is 5.41. The average Bonchev–Trinajstić information content (AvgIpc) is 2.86. The second-order valence-electron chi connectivity index (χ2n) is 6.20. The van der Waals surface area contributed by atoms with Crippen LogP contribution in [0.3, 0.4) is 0 Å². The van der Waals surface area contributed by atoms with E-state index in [2.05, 4.69) is 18.7 Å². The number of aliphatic hydroxyl groups is 1. The Labute approximate surface area is 121 Å². The van der Waals surface area contributed by atoms with Gasteiger partial charge in [-0.1, -0.05) is 0 Å². The third-order valence-corrected chi connectivity index (χ3v) is 4.65. The van der Waals surface area contributed by atoms with Gasteiger partial charge in [-0.2, -0.15) is 0 Å². The van der Waals surface area contributed by atoms with E-state index in [1.165, 1.54) is 0 Å². The Bertz CT molecular complexity index is 327. The van der Waals surface area contributed by atoms with E-state index in [0.717, 1.165) is 25.9 Å². The molecule has 0 spiro atoms. The van der Waals surface area contributed by atoms with Crippen LogP contribution in [-0.4, -0.2) is 71.8 Å². The van der Waals surface area contributed by atoms with Crippen LogP contribution in [0.4, 0.5) is 0 Å². The maximum absolute atomic E-state index is 12.7. The first kappa shape index (κ1) is 15.7. The number of ether oxygens (including phenoxy) is 1. The Morgan fingerprint density at radius 2 is 2.00 bits per heavy atom. The smallest absolute Gasteiger partial charge is 0.226 e. The molecule has 5 heteroatoms. The van der Waals surface area contributed by atoms with Gasteiger partial charge in [0.2, 0.25) is 5.91 Å². The molecule has 0 aromatic carbocycles. The standard InChI is InChI=1S/C15H28N2O3/c1-4-17(13-9-20-10-14(13)18)15(19)12-5-7-16(8-6-12)11(2)3/h11-14,18H,4-10H2,1-3H3/t13-,14-/m0/s1. The molecule has 0 aromatic rings. The molecule has 1 amide bonds. The lowest BCUT2D eigenvalue weighted by atomic mass is 9.93. The van der Waals surface area contributed by atoms with Gasteiger partial charge >= 0.3 is 0 Å². The van der Waals surface area contributed by atoms with Crippen LogP contribution in [-0.2, 0) is 9.53 Å². The Hall–Kier alpha value is -0.650. The SMILES string of the molecule is CCN(C(=O)C1CCN(C(C)C)CC1)[C@H]1COC[C@@H]1O. The van der Waals surface area contributed by atoms with Gasteiger partial charge in [-0.25, -0.2) is 0 Å². The lowest BCUT2D eigenvalue weighted by molar-refractivity contribution is -0.141. The highest BCUT2D eigenvalue weighted by molar-refractivity contribution is 5.79. The zero-order valence-corrected chi connectivity index (χ0v) is 12.9. The monoisotopic (exact) mass is 284 g/mol. The fraction of sp³-hybridized carbons (Fsp3) is 0.933. The van der Waals surface area contributed by atoms with Crippen LogP contribution in [0.15, 0.2) is 0 Å². The van der Waals surface area contributed by atoms with E-state index >= 15 is 0 Å². The number of piperidine rings is 1. The number of carbonyl (C=O) groups is 1. The van der Waals surface area contributed by atoms with Gasteiger partial charge in [0.25, 0.3) is 0 Å². The Morgan fingerprint density at radius 1 is 1.35 bits per heavy atom. The summed E-state index contributed by atoms with van der Waals surface area (Å²) in [6.45, 7) is 9.83. The zero-order chi connectivity index (χ0) is 14.7. The van der Waals surface area contributed by atoms with Crippen molar-refractivity contribution in [2.75, 3.05) is 32.8 Å². The van der Waals surface area contributed by atoms with Gasteiger partial charge in [0, 0.05) is 18.5 Å². The maximum Gasteiger partial charge on any atom is 0.226 e. The van der Waals surface area contributed by atoms with Crippen molar-refractivity contribution in [3.05, 3.63) is 0 Å². The molecule has 0 aliphatic carbocycles. The van der Waals surface area contributed by atoms with Crippen LogP contribution in [0.5, 0.6) is 0 Å². The zero-order valence-electron chi connectivity index (χ0n) is 12.9. The molecule has 5 nitrogen and oxygen atoms in total. The molecule has 2 aliphatic heterocycles. The van der Waals surface area contributed by atoms with E-state index in [4.69, 9.17) is 4.74 Å². The number of hydrogen-bond donors (Lipinski definition) is 1. The summed E-state index contributed by atoms with van der Waals surface area (Å²) in [7, 11) is 0. The third kappa shape index (κ3) is 3.32. The third-order valence-electron chi connectivity index (χ3n) is 4.65. The minimum atomic E-state index is -0.533. The van der Waals surface area contributed by atoms with Crippen molar-refractivity contribution in [2.24, 2.45) is 5.92 Å². The minimum absolute atomic E-state index is 0.109. The van der Waals surface area contributed by atoms with Crippen molar-refractivity contribution in [3.63, 3.8) is 0 Å². The van der Waals surface area contributed by atoms with Gasteiger partial charge in [-0.05, 0) is 46.7 Å². The summed E-state index contributed by atoms with van der Waals surface area (Å²) in [5.41, 5.74) is 0. The summed E-state index contributed by atoms with van der Waals surface area (Å²) in [6.07, 6.45) is 1.32. The molecule has 1 N–H and O–H groups in total. The van der Waals surface area contributed by atoms with Gasteiger partial charge < -0.3 is 19.6 Å². The number of likely N-dealkylation sites (tertiary alicyclic amines) is 1. The lowest BCUT2D eigenvalue weighted by Gasteiger charge is -2.37. The van der Waals surface area contributed by atoms with Gasteiger partial charge in [-0.15, -0.1) is 0 Å². The predicted molar refractivity (Wildman–Crippen MR) is 77.4 cm³/mol. The molecule has 20 heavy (non-hydrogen) atoms. The first-order chi connectivity index (χ1) is 9.54. The molecule has 2 aliphatic rings. The highest BCUT2D eigenvalue weighted by atomic mass is 16.5. The Balaban J connectivity index is 1.93. The molecule has 2 heterocycles. The second kappa shape index (κ2) is 6.87. The van der Waals surface area contributed by atoms with E-state index in [1.807, 2.05) is 11.8 Å². The molecule has 0 radical (unpaired) electrons. The number of carbonyl (C=O) groups excluding carboxylic acids is 1. The van der Waals surface area contributed by atoms with Crippen molar-refractivity contribution in [2.45, 2.75) is 51.8 Å². The number of nitrogens with zero attached hydrogens (tertiary/aromatic N) is 2. The summed E-state index contributed by atoms with van der Waals surface area (Å²) in [5, 5.41) is 9.93. The van der Waals surface area contributed by atoms with E-state index < -0.39 is 6.10 Å². The van der Waals surface area contributed by atoms with Crippen LogP contribution >= 0.6 is 0 Å². The second-order valence-corrected chi connectivity index (χ2v) is 6.20. The summed E-state index contributed by atoms with van der Waals surface area (Å²) in [6, 6.07) is 0.397. The lowest BCUT2D eigenvalue weighted by Crippen LogP contribution is -2.51. The fourth-order valence-electron chi connectivity index (χ4n) is 3.28. The van der Waals surface area contributed by atoms with Crippen LogP contribution in [0.2, 0.25) is 0 Å². The summed E-state index contributed by atoms with van der Waals surface area (Å²) < 4.78 is 5.29. The first-order valence-corrected chi connectivity index (χ1v) is 7.85. The van der Waals surface area contributed by atoms with Gasteiger partial charge in [0.05, 0.1) is 25.4 Å². The van der Waals surface area contributed by atoms with E-state index in [9.17, 15) is 9.90 Å². The number of aliphatic hydroxyl groups excluding tert-OH is 1. The molecular formula is C15H28N2O3. The highest BCUT2D eigenvalue weighted by Gasteiger charge is 2.37. The fourth-order valence-corrected chi connectivity index (χ4v) is 3.28. The molecule has 2 saturated heterocycles. The van der Waals surface area contributed by atoms with Crippen molar-refractivity contribution < 1.29 is 14.6 Å². The molecule has 0 unspecified atom stereocenters. The summed E-state index contributed by atoms with van der Waals surface area (Å²) in [5.74, 6) is 0.309. The first-order valence-electron chi connectivity index (χ1n) is 7.85. The summed E-state index contributed by atoms with van der Waals surface area (Å²) in [4.78, 5) is 16.9. The average molecular weight is 284 g/mol. The number of likely N-dealkylation sites (N-methyl/N-ethyl adjacent to an activating group) is 1. The number of rotatable bonds is 4. The van der Waals surface area contributed by atoms with Gasteiger partial charge in [0.1, 0.15) is 0 Å². The number of amides is 1. The van der Waals surface area contributed by atoms with Crippen molar-refractivity contribution in [1.82, 2.24) is 9.80 Å². The molecule has 2 atom stereocenters. The molecule has 0 aromatic heterocycles. The quantitative estimate of drug-likeness (QED) is 0.826. The van der Waals surface area contributed by atoms with E-state index in [1.54, 1.807) is 0 Å². The minimum Gasteiger partial charge on any atom is -0.388 e. The number of hydrogen-bond acceptors (Lipinski definition) is 4. The van der Waals surface area contributed by atoms with E-state index in [0.29, 0.717) is 25.8 Å². The molecular weight excluding hydrogens is 256 g/mol. The molecule has 0 saturated carbocycles. The van der Waals surface area contributed by atoms with Gasteiger partial charge in [-0.3, -0.25) is 4.79 Å². The Morgan fingerprint density at radius 3 is 2.45 bits per heavy atom. The van der Waals surface area contributed by atoms with Gasteiger partial charge in [0.15, 0.2) is 0 Å². The molecule has 2 fully saturated rings. The topological polar surface area (TPSA) is 53.0 Å². The van der Waals surface area contributed by atoms with Crippen LogP contribution < -0.4 is 0 Å². The van der Waals surface area contributed by atoms with Crippen LogP contribution in [0, 0.1) is 5.92 Å². The maximum atomic E-state index is 12.7. The molecule has 116 valence electrons. The van der Waals surface area contributed by atoms with Crippen molar-refractivity contribution >= 4 is 5.91 Å². The van der Waals surface area contributed by atoms with Crippen LogP contribution in [0.1, 0.15) is 33.6 Å².